The van der Waals surface area contributed by atoms with Gasteiger partial charge in [0, 0.05) is 48.3 Å². The molecular weight excluding hydrogens is 539 g/mol. The zero-order valence-corrected chi connectivity index (χ0v) is 25.3. The Morgan fingerprint density at radius 1 is 1.08 bits per heavy atom. The molecule has 0 aliphatic rings. The fraction of sp³-hybridized carbons (Fsp3) is 0.345. The van der Waals surface area contributed by atoms with Crippen molar-refractivity contribution in [3.05, 3.63) is 85.8 Å². The Kier molecular flexibility index (Phi) is 9.85. The molecule has 1 amide bonds. The van der Waals surface area contributed by atoms with Crippen LogP contribution in [0.5, 0.6) is 0 Å². The number of hydrogen-bond donors (Lipinski definition) is 1. The first-order valence-electron chi connectivity index (χ1n) is 12.3. The summed E-state index contributed by atoms with van der Waals surface area (Å²) in [4.78, 5) is 38.9. The Hall–Kier alpha value is -2.60. The number of halogens is 1. The summed E-state index contributed by atoms with van der Waals surface area (Å²) in [5.41, 5.74) is 4.00. The number of nitrogens with one attached hydrogen (secondary N) is 1. The van der Waals surface area contributed by atoms with Gasteiger partial charge in [-0.3, -0.25) is 9.59 Å². The van der Waals surface area contributed by atoms with E-state index in [2.05, 4.69) is 21.5 Å². The molecular formula is C29H34ClN2O4PS. The second-order valence-corrected chi connectivity index (χ2v) is 12.4. The highest BCUT2D eigenvalue weighted by molar-refractivity contribution is 7.98. The Balaban J connectivity index is 2.19. The molecule has 0 fully saturated rings. The minimum absolute atomic E-state index is 0.0589. The van der Waals surface area contributed by atoms with Crippen molar-refractivity contribution in [2.24, 2.45) is 7.05 Å². The second-order valence-electron chi connectivity index (χ2n) is 10.0. The van der Waals surface area contributed by atoms with Crippen LogP contribution in [-0.4, -0.2) is 27.8 Å². The topological polar surface area (TPSA) is 77.4 Å². The third-order valence-corrected chi connectivity index (χ3v) is 7.44. The van der Waals surface area contributed by atoms with Gasteiger partial charge in [-0.2, -0.15) is 11.8 Å². The molecule has 0 spiro atoms. The van der Waals surface area contributed by atoms with Crippen LogP contribution in [0, 0.1) is 6.92 Å². The molecule has 202 valence electrons. The van der Waals surface area contributed by atoms with Gasteiger partial charge >= 0.3 is 6.09 Å². The van der Waals surface area contributed by atoms with Crippen LogP contribution in [-0.2, 0) is 24.1 Å². The lowest BCUT2D eigenvalue weighted by Crippen LogP contribution is -2.32. The van der Waals surface area contributed by atoms with Gasteiger partial charge in [-0.15, -0.1) is 9.24 Å². The SMILES string of the molecule is CCSCc1cc(-c2cn(C)c(=O)cc2CNC(=O)OC(C)(C)C)c(C(=O)c2ccc(P)cc2Cl)cc1C. The highest BCUT2D eigenvalue weighted by Gasteiger charge is 2.22. The highest BCUT2D eigenvalue weighted by atomic mass is 35.5. The van der Waals surface area contributed by atoms with Crippen LogP contribution in [0.15, 0.2) is 47.4 Å². The number of benzene rings is 2. The van der Waals surface area contributed by atoms with Gasteiger partial charge in [0.15, 0.2) is 5.78 Å². The van der Waals surface area contributed by atoms with Gasteiger partial charge in [-0.1, -0.05) is 24.6 Å². The van der Waals surface area contributed by atoms with E-state index in [0.29, 0.717) is 32.8 Å². The van der Waals surface area contributed by atoms with Crippen molar-refractivity contribution in [3.8, 4) is 11.1 Å². The number of nitrogens with zero attached hydrogens (tertiary/aromatic N) is 1. The van der Waals surface area contributed by atoms with E-state index in [0.717, 1.165) is 27.9 Å². The maximum Gasteiger partial charge on any atom is 0.407 e. The molecule has 0 saturated carbocycles. The molecule has 9 heteroatoms. The number of aryl methyl sites for hydroxylation is 2. The van der Waals surface area contributed by atoms with Crippen LogP contribution in [0.4, 0.5) is 4.79 Å². The van der Waals surface area contributed by atoms with E-state index in [4.69, 9.17) is 16.3 Å². The molecule has 1 aromatic heterocycles. The minimum Gasteiger partial charge on any atom is -0.444 e. The van der Waals surface area contributed by atoms with E-state index in [1.165, 1.54) is 10.6 Å². The summed E-state index contributed by atoms with van der Waals surface area (Å²) in [6.45, 7) is 9.50. The van der Waals surface area contributed by atoms with Crippen molar-refractivity contribution in [1.82, 2.24) is 9.88 Å². The number of aromatic nitrogens is 1. The monoisotopic (exact) mass is 572 g/mol. The van der Waals surface area contributed by atoms with Gasteiger partial charge in [0.25, 0.3) is 5.56 Å². The summed E-state index contributed by atoms with van der Waals surface area (Å²) in [5, 5.41) is 3.99. The van der Waals surface area contributed by atoms with E-state index in [9.17, 15) is 14.4 Å². The number of ether oxygens (including phenoxy) is 1. The largest absolute Gasteiger partial charge is 0.444 e. The van der Waals surface area contributed by atoms with Crippen LogP contribution < -0.4 is 16.2 Å². The molecule has 6 nitrogen and oxygen atoms in total. The van der Waals surface area contributed by atoms with Crippen LogP contribution in [0.1, 0.15) is 60.3 Å². The molecule has 3 aromatic rings. The fourth-order valence-electron chi connectivity index (χ4n) is 3.93. The Labute approximate surface area is 235 Å². The van der Waals surface area contributed by atoms with E-state index >= 15 is 0 Å². The molecule has 0 radical (unpaired) electrons. The van der Waals surface area contributed by atoms with Crippen molar-refractivity contribution < 1.29 is 14.3 Å². The van der Waals surface area contributed by atoms with E-state index in [1.807, 2.05) is 25.1 Å². The van der Waals surface area contributed by atoms with E-state index < -0.39 is 11.7 Å². The number of carbonyl (C=O) groups excluding carboxylic acids is 2. The van der Waals surface area contributed by atoms with Crippen LogP contribution in [0.3, 0.4) is 0 Å². The quantitative estimate of drug-likeness (QED) is 0.264. The first kappa shape index (κ1) is 29.9. The van der Waals surface area contributed by atoms with Crippen molar-refractivity contribution >= 4 is 49.8 Å². The molecule has 0 aliphatic carbocycles. The Morgan fingerprint density at radius 2 is 1.79 bits per heavy atom. The molecule has 1 heterocycles. The normalized spacial score (nSPS) is 11.4. The molecule has 1 unspecified atom stereocenters. The average molecular weight is 573 g/mol. The zero-order valence-electron chi connectivity index (χ0n) is 22.6. The smallest absolute Gasteiger partial charge is 0.407 e. The van der Waals surface area contributed by atoms with Gasteiger partial charge in [0.1, 0.15) is 5.60 Å². The average Bonchev–Trinajstić information content (AvgIpc) is 2.82. The van der Waals surface area contributed by atoms with E-state index in [1.54, 1.807) is 57.9 Å². The summed E-state index contributed by atoms with van der Waals surface area (Å²) in [6, 6.07) is 10.7. The number of hydrogen-bond acceptors (Lipinski definition) is 5. The van der Waals surface area contributed by atoms with Gasteiger partial charge in [0.05, 0.1) is 5.02 Å². The third-order valence-electron chi connectivity index (χ3n) is 5.85. The van der Waals surface area contributed by atoms with E-state index in [-0.39, 0.29) is 17.9 Å². The van der Waals surface area contributed by atoms with Crippen molar-refractivity contribution in [3.63, 3.8) is 0 Å². The fourth-order valence-corrected chi connectivity index (χ4v) is 5.31. The third kappa shape index (κ3) is 7.49. The van der Waals surface area contributed by atoms with Crippen LogP contribution in [0.2, 0.25) is 5.02 Å². The van der Waals surface area contributed by atoms with Gasteiger partial charge < -0.3 is 14.6 Å². The molecule has 1 atom stereocenters. The number of amides is 1. The second kappa shape index (κ2) is 12.5. The molecule has 0 aliphatic heterocycles. The lowest BCUT2D eigenvalue weighted by Gasteiger charge is -2.21. The maximum atomic E-state index is 13.9. The first-order valence-corrected chi connectivity index (χ1v) is 14.4. The Bertz CT molecular complexity index is 1430. The van der Waals surface area contributed by atoms with Crippen LogP contribution >= 0.6 is 32.6 Å². The number of thioether (sulfide) groups is 1. The minimum atomic E-state index is -0.659. The van der Waals surface area contributed by atoms with Crippen molar-refractivity contribution in [1.29, 1.82) is 0 Å². The molecule has 3 rings (SSSR count). The number of rotatable bonds is 8. The van der Waals surface area contributed by atoms with Gasteiger partial charge in [-0.25, -0.2) is 4.79 Å². The molecule has 0 bridgehead atoms. The zero-order chi connectivity index (χ0) is 28.2. The standard InChI is InChI=1S/C29H34ClN2O4PS/c1-7-38-16-19-11-22(23(10-17(19)2)27(34)21-9-8-20(37)13-25(21)30)24-15-32(6)26(33)12-18(24)14-31-28(35)36-29(3,4)5/h8-13,15H,7,14,16,37H2,1-6H3,(H,31,35). The summed E-state index contributed by atoms with van der Waals surface area (Å²) in [7, 11) is 4.24. The van der Waals surface area contributed by atoms with Crippen molar-refractivity contribution in [2.45, 2.75) is 52.5 Å². The number of alkyl carbamates (subject to hydrolysis) is 1. The lowest BCUT2D eigenvalue weighted by molar-refractivity contribution is 0.0523. The number of pyridine rings is 1. The lowest BCUT2D eigenvalue weighted by atomic mass is 9.89. The molecule has 1 N–H and O–H groups in total. The Morgan fingerprint density at radius 3 is 2.42 bits per heavy atom. The summed E-state index contributed by atoms with van der Waals surface area (Å²) >= 11 is 8.27. The van der Waals surface area contributed by atoms with Crippen LogP contribution in [0.25, 0.3) is 11.1 Å². The molecule has 2 aromatic carbocycles. The van der Waals surface area contributed by atoms with Gasteiger partial charge in [0.2, 0.25) is 0 Å². The summed E-state index contributed by atoms with van der Waals surface area (Å²) in [6.07, 6.45) is 1.12. The van der Waals surface area contributed by atoms with Crippen molar-refractivity contribution in [2.75, 3.05) is 5.75 Å². The predicted molar refractivity (Wildman–Crippen MR) is 161 cm³/mol. The summed E-state index contributed by atoms with van der Waals surface area (Å²) in [5.74, 6) is 1.52. The molecule has 38 heavy (non-hydrogen) atoms. The molecule has 0 saturated heterocycles. The number of ketones is 1. The number of carbonyl (C=O) groups is 2. The highest BCUT2D eigenvalue weighted by Crippen LogP contribution is 2.33. The van der Waals surface area contributed by atoms with Gasteiger partial charge in [-0.05, 0) is 85.3 Å². The first-order chi connectivity index (χ1) is 17.8. The maximum absolute atomic E-state index is 13.9. The predicted octanol–water partition coefficient (Wildman–Crippen LogP) is 6.02. The summed E-state index contributed by atoms with van der Waals surface area (Å²) < 4.78 is 6.84.